The van der Waals surface area contributed by atoms with E-state index >= 15 is 0 Å². The van der Waals surface area contributed by atoms with Gasteiger partial charge in [0, 0.05) is 23.5 Å². The highest BCUT2D eigenvalue weighted by molar-refractivity contribution is 5.83. The Kier molecular flexibility index (Phi) is 2.25. The molecule has 0 aliphatic rings. The van der Waals surface area contributed by atoms with Gasteiger partial charge in [-0.1, -0.05) is 0 Å². The zero-order valence-corrected chi connectivity index (χ0v) is 8.18. The highest BCUT2D eigenvalue weighted by Gasteiger charge is 2.07. The summed E-state index contributed by atoms with van der Waals surface area (Å²) >= 11 is 0. The van der Waals surface area contributed by atoms with Crippen LogP contribution in [0, 0.1) is 5.82 Å². The van der Waals surface area contributed by atoms with Gasteiger partial charge in [0.05, 0.1) is 6.04 Å². The van der Waals surface area contributed by atoms with E-state index in [1.807, 2.05) is 6.20 Å². The first-order valence-electron chi connectivity index (χ1n) is 4.75. The summed E-state index contributed by atoms with van der Waals surface area (Å²) in [6.07, 6.45) is 2.81. The molecule has 14 heavy (non-hydrogen) atoms. The third-order valence-electron chi connectivity index (χ3n) is 2.30. The summed E-state index contributed by atoms with van der Waals surface area (Å²) in [6.45, 7) is 2.05. The fraction of sp³-hybridized carbons (Fsp3) is 0.273. The average Bonchev–Trinajstić information content (AvgIpc) is 2.47. The Bertz CT molecular complexity index is 445. The molecule has 0 radical (unpaired) electrons. The maximum atomic E-state index is 13.0. The molecular formula is C11H14FN2+. The zero-order chi connectivity index (χ0) is 10.1. The van der Waals surface area contributed by atoms with Crippen LogP contribution < -0.4 is 5.73 Å². The van der Waals surface area contributed by atoms with Crippen molar-refractivity contribution in [3.05, 3.63) is 35.8 Å². The molecule has 1 aromatic heterocycles. The fourth-order valence-electron chi connectivity index (χ4n) is 1.69. The summed E-state index contributed by atoms with van der Waals surface area (Å²) in [6, 6.07) is 5.15. The SMILES string of the molecule is C[C@H]([NH3+])Cc1c[nH]c2ccc(F)cc12. The van der Waals surface area contributed by atoms with E-state index in [1.165, 1.54) is 6.07 Å². The Balaban J connectivity index is 2.50. The fourth-order valence-corrected chi connectivity index (χ4v) is 1.69. The lowest BCUT2D eigenvalue weighted by atomic mass is 10.1. The molecule has 1 aromatic carbocycles. The monoisotopic (exact) mass is 193 g/mol. The van der Waals surface area contributed by atoms with Gasteiger partial charge in [-0.3, -0.25) is 0 Å². The van der Waals surface area contributed by atoms with Crippen LogP contribution in [-0.4, -0.2) is 11.0 Å². The number of rotatable bonds is 2. The Morgan fingerprint density at radius 2 is 2.29 bits per heavy atom. The van der Waals surface area contributed by atoms with E-state index in [-0.39, 0.29) is 5.82 Å². The standard InChI is InChI=1S/C11H13FN2/c1-7(13)4-8-6-14-11-3-2-9(12)5-10(8)11/h2-3,5-7,14H,4,13H2,1H3/p+1/t7-/m0/s1. The van der Waals surface area contributed by atoms with Crippen molar-refractivity contribution in [3.63, 3.8) is 0 Å². The van der Waals surface area contributed by atoms with Crippen LogP contribution in [-0.2, 0) is 6.42 Å². The zero-order valence-electron chi connectivity index (χ0n) is 8.18. The van der Waals surface area contributed by atoms with Crippen molar-refractivity contribution < 1.29 is 10.1 Å². The number of benzene rings is 1. The Morgan fingerprint density at radius 1 is 1.50 bits per heavy atom. The first-order chi connectivity index (χ1) is 6.66. The molecule has 74 valence electrons. The minimum Gasteiger partial charge on any atom is -0.361 e. The molecule has 0 fully saturated rings. The normalized spacial score (nSPS) is 13.4. The molecule has 3 heteroatoms. The van der Waals surface area contributed by atoms with E-state index in [0.717, 1.165) is 22.9 Å². The van der Waals surface area contributed by atoms with Crippen LogP contribution in [0.15, 0.2) is 24.4 Å². The molecule has 1 heterocycles. The Morgan fingerprint density at radius 3 is 3.00 bits per heavy atom. The van der Waals surface area contributed by atoms with Gasteiger partial charge in [-0.2, -0.15) is 0 Å². The molecule has 2 rings (SSSR count). The van der Waals surface area contributed by atoms with Crippen molar-refractivity contribution in [2.45, 2.75) is 19.4 Å². The molecule has 0 amide bonds. The van der Waals surface area contributed by atoms with Crippen LogP contribution in [0.2, 0.25) is 0 Å². The lowest BCUT2D eigenvalue weighted by Crippen LogP contribution is -2.60. The topological polar surface area (TPSA) is 43.4 Å². The van der Waals surface area contributed by atoms with Crippen molar-refractivity contribution in [3.8, 4) is 0 Å². The van der Waals surface area contributed by atoms with Crippen molar-refractivity contribution in [1.82, 2.24) is 4.98 Å². The summed E-state index contributed by atoms with van der Waals surface area (Å²) in [4.78, 5) is 3.13. The van der Waals surface area contributed by atoms with Crippen LogP contribution in [0.5, 0.6) is 0 Å². The minimum absolute atomic E-state index is 0.185. The van der Waals surface area contributed by atoms with Gasteiger partial charge in [0.15, 0.2) is 0 Å². The van der Waals surface area contributed by atoms with Gasteiger partial charge < -0.3 is 10.7 Å². The largest absolute Gasteiger partial charge is 0.361 e. The number of aromatic nitrogens is 1. The van der Waals surface area contributed by atoms with Crippen LogP contribution in [0.3, 0.4) is 0 Å². The van der Waals surface area contributed by atoms with Crippen molar-refractivity contribution in [1.29, 1.82) is 0 Å². The number of fused-ring (bicyclic) bond motifs is 1. The van der Waals surface area contributed by atoms with E-state index in [2.05, 4.69) is 17.6 Å². The van der Waals surface area contributed by atoms with Crippen LogP contribution in [0.25, 0.3) is 10.9 Å². The molecule has 0 unspecified atom stereocenters. The first-order valence-corrected chi connectivity index (χ1v) is 4.75. The van der Waals surface area contributed by atoms with E-state index in [4.69, 9.17) is 0 Å². The maximum absolute atomic E-state index is 13.0. The quantitative estimate of drug-likeness (QED) is 0.725. The Labute approximate surface area is 81.9 Å². The third kappa shape index (κ3) is 1.63. The lowest BCUT2D eigenvalue weighted by Gasteiger charge is -2.00. The molecule has 2 aromatic rings. The summed E-state index contributed by atoms with van der Waals surface area (Å²) < 4.78 is 13.0. The second kappa shape index (κ2) is 3.42. The smallest absolute Gasteiger partial charge is 0.123 e. The predicted octanol–water partition coefficient (Wildman–Crippen LogP) is 1.48. The first kappa shape index (κ1) is 9.21. The van der Waals surface area contributed by atoms with Crippen molar-refractivity contribution in [2.24, 2.45) is 0 Å². The number of hydrogen-bond donors (Lipinski definition) is 2. The third-order valence-corrected chi connectivity index (χ3v) is 2.30. The molecular weight excluding hydrogens is 179 g/mol. The minimum atomic E-state index is -0.185. The number of H-pyrrole nitrogens is 1. The number of nitrogens with one attached hydrogen (secondary N) is 1. The second-order valence-corrected chi connectivity index (χ2v) is 3.81. The highest BCUT2D eigenvalue weighted by Crippen LogP contribution is 2.19. The van der Waals surface area contributed by atoms with E-state index in [1.54, 1.807) is 12.1 Å². The molecule has 0 saturated heterocycles. The summed E-state index contributed by atoms with van der Waals surface area (Å²) in [5, 5.41) is 0.973. The highest BCUT2D eigenvalue weighted by atomic mass is 19.1. The molecule has 4 N–H and O–H groups in total. The number of halogens is 1. The summed E-state index contributed by atoms with van der Waals surface area (Å²) in [5.74, 6) is -0.185. The van der Waals surface area contributed by atoms with Crippen LogP contribution in [0.4, 0.5) is 4.39 Å². The molecule has 0 saturated carbocycles. The van der Waals surface area contributed by atoms with Gasteiger partial charge in [0.2, 0.25) is 0 Å². The second-order valence-electron chi connectivity index (χ2n) is 3.81. The number of hydrogen-bond acceptors (Lipinski definition) is 0. The molecule has 0 bridgehead atoms. The number of aromatic amines is 1. The van der Waals surface area contributed by atoms with Gasteiger partial charge in [0.25, 0.3) is 0 Å². The average molecular weight is 193 g/mol. The summed E-state index contributed by atoms with van der Waals surface area (Å²) in [7, 11) is 0. The van der Waals surface area contributed by atoms with Gasteiger partial charge >= 0.3 is 0 Å². The van der Waals surface area contributed by atoms with Crippen LogP contribution in [0.1, 0.15) is 12.5 Å². The van der Waals surface area contributed by atoms with Crippen molar-refractivity contribution >= 4 is 10.9 Å². The number of quaternary nitrogens is 1. The van der Waals surface area contributed by atoms with E-state index in [0.29, 0.717) is 6.04 Å². The van der Waals surface area contributed by atoms with Gasteiger partial charge in [-0.25, -0.2) is 4.39 Å². The lowest BCUT2D eigenvalue weighted by molar-refractivity contribution is -0.413. The molecule has 0 spiro atoms. The molecule has 0 aliphatic carbocycles. The van der Waals surface area contributed by atoms with E-state index in [9.17, 15) is 4.39 Å². The molecule has 2 nitrogen and oxygen atoms in total. The van der Waals surface area contributed by atoms with Gasteiger partial charge in [-0.05, 0) is 30.7 Å². The van der Waals surface area contributed by atoms with Gasteiger partial charge in [-0.15, -0.1) is 0 Å². The predicted molar refractivity (Wildman–Crippen MR) is 54.3 cm³/mol. The summed E-state index contributed by atoms with van der Waals surface area (Å²) in [5.41, 5.74) is 6.06. The maximum Gasteiger partial charge on any atom is 0.123 e. The molecule has 1 atom stereocenters. The van der Waals surface area contributed by atoms with Gasteiger partial charge in [0.1, 0.15) is 5.82 Å². The van der Waals surface area contributed by atoms with E-state index < -0.39 is 0 Å². The Hall–Kier alpha value is -1.35. The van der Waals surface area contributed by atoms with Crippen LogP contribution >= 0.6 is 0 Å². The molecule has 0 aliphatic heterocycles. The van der Waals surface area contributed by atoms with Crippen molar-refractivity contribution in [2.75, 3.05) is 0 Å².